The van der Waals surface area contributed by atoms with Gasteiger partial charge in [0.1, 0.15) is 0 Å². The van der Waals surface area contributed by atoms with Crippen LogP contribution in [-0.4, -0.2) is 0 Å². The standard InChI is InChI=1S/C48H44N2/c1-31-15-21-37(22-16-31)49(38-23-17-32(2)18-24-38)47-29-45-42-12-8-10-14-44(42)48(30-46(45)41-11-7-9-13-43(41)47)50(39-25-19-33(3)35(5)27-39)40-26-20-34(4)36(6)28-40/h8,10-30H,7,9H2,1-6H3. The Bertz CT molecular complexity index is 2440. The highest BCUT2D eigenvalue weighted by atomic mass is 15.1. The van der Waals surface area contributed by atoms with Crippen LogP contribution in [0.25, 0.3) is 33.7 Å². The fourth-order valence-corrected chi connectivity index (χ4v) is 7.49. The molecule has 8 rings (SSSR count). The second kappa shape index (κ2) is 12.7. The molecule has 0 N–H and O–H groups in total. The summed E-state index contributed by atoms with van der Waals surface area (Å²) in [5, 5.41) is 7.68. The van der Waals surface area contributed by atoms with Crippen molar-refractivity contribution in [3.63, 3.8) is 0 Å². The number of benzene rings is 7. The molecule has 0 atom stereocenters. The molecule has 0 fully saturated rings. The molecule has 0 radical (unpaired) electrons. The molecule has 7 aromatic rings. The van der Waals surface area contributed by atoms with Gasteiger partial charge in [-0.15, -0.1) is 0 Å². The minimum absolute atomic E-state index is 1.03. The molecular formula is C48H44N2. The van der Waals surface area contributed by atoms with Crippen molar-refractivity contribution in [1.29, 1.82) is 0 Å². The number of nitrogens with zero attached hydrogens (tertiary/aromatic N) is 2. The van der Waals surface area contributed by atoms with Crippen molar-refractivity contribution in [3.8, 4) is 0 Å². The van der Waals surface area contributed by atoms with E-state index in [1.807, 2.05) is 0 Å². The molecule has 0 unspecified atom stereocenters. The van der Waals surface area contributed by atoms with Crippen LogP contribution in [0.15, 0.2) is 121 Å². The Morgan fingerprint density at radius 3 is 1.36 bits per heavy atom. The van der Waals surface area contributed by atoms with E-state index < -0.39 is 0 Å². The lowest BCUT2D eigenvalue weighted by atomic mass is 9.93. The van der Waals surface area contributed by atoms with E-state index in [0.29, 0.717) is 0 Å². The molecule has 1 aliphatic rings. The van der Waals surface area contributed by atoms with Gasteiger partial charge in [-0.2, -0.15) is 0 Å². The first-order valence-electron chi connectivity index (χ1n) is 17.8. The molecule has 1 aliphatic carbocycles. The zero-order valence-corrected chi connectivity index (χ0v) is 30.0. The highest BCUT2D eigenvalue weighted by molar-refractivity contribution is 6.16. The van der Waals surface area contributed by atoms with E-state index in [-0.39, 0.29) is 0 Å². The third kappa shape index (κ3) is 5.55. The van der Waals surface area contributed by atoms with E-state index in [4.69, 9.17) is 0 Å². The van der Waals surface area contributed by atoms with Gasteiger partial charge in [0.05, 0.1) is 11.4 Å². The van der Waals surface area contributed by atoms with E-state index >= 15 is 0 Å². The Labute approximate surface area is 296 Å². The summed E-state index contributed by atoms with van der Waals surface area (Å²) in [6.45, 7) is 13.1. The Morgan fingerprint density at radius 2 is 0.820 bits per heavy atom. The van der Waals surface area contributed by atoms with E-state index in [1.54, 1.807) is 0 Å². The number of hydrogen-bond donors (Lipinski definition) is 0. The van der Waals surface area contributed by atoms with Gasteiger partial charge in [0.25, 0.3) is 0 Å². The van der Waals surface area contributed by atoms with Crippen LogP contribution in [0, 0.1) is 41.5 Å². The van der Waals surface area contributed by atoms with Gasteiger partial charge in [-0.1, -0.05) is 83.9 Å². The fraction of sp³-hybridized carbons (Fsp3) is 0.167. The lowest BCUT2D eigenvalue weighted by Crippen LogP contribution is -2.33. The van der Waals surface area contributed by atoms with E-state index in [2.05, 4.69) is 185 Å². The molecule has 50 heavy (non-hydrogen) atoms. The molecule has 7 aromatic carbocycles. The van der Waals surface area contributed by atoms with Crippen LogP contribution in [-0.2, 0) is 0 Å². The Kier molecular flexibility index (Phi) is 8.04. The molecule has 0 amide bonds. The van der Waals surface area contributed by atoms with Crippen molar-refractivity contribution >= 4 is 67.8 Å². The molecule has 0 heterocycles. The molecule has 0 saturated carbocycles. The summed E-state index contributed by atoms with van der Waals surface area (Å²) in [6.07, 6.45) is 6.98. The lowest BCUT2D eigenvalue weighted by Gasteiger charge is -2.30. The first-order chi connectivity index (χ1) is 24.3. The Morgan fingerprint density at radius 1 is 0.360 bits per heavy atom. The van der Waals surface area contributed by atoms with Crippen molar-refractivity contribution in [2.75, 3.05) is 9.80 Å². The summed E-state index contributed by atoms with van der Waals surface area (Å²) in [6, 6.07) is 45.5. The van der Waals surface area contributed by atoms with Crippen molar-refractivity contribution in [3.05, 3.63) is 165 Å². The van der Waals surface area contributed by atoms with Crippen molar-refractivity contribution in [1.82, 2.24) is 0 Å². The minimum Gasteiger partial charge on any atom is -0.310 e. The van der Waals surface area contributed by atoms with Gasteiger partial charge in [-0.25, -0.2) is 0 Å². The highest BCUT2D eigenvalue weighted by Gasteiger charge is 2.22. The molecule has 0 bridgehead atoms. The highest BCUT2D eigenvalue weighted by Crippen LogP contribution is 2.43. The predicted molar refractivity (Wildman–Crippen MR) is 217 cm³/mol. The van der Waals surface area contributed by atoms with Gasteiger partial charge >= 0.3 is 0 Å². The van der Waals surface area contributed by atoms with Gasteiger partial charge in [0.2, 0.25) is 0 Å². The second-order valence-corrected chi connectivity index (χ2v) is 14.1. The van der Waals surface area contributed by atoms with Crippen molar-refractivity contribution in [2.24, 2.45) is 0 Å². The maximum Gasteiger partial charge on any atom is 0.0546 e. The van der Waals surface area contributed by atoms with E-state index in [1.165, 1.54) is 88.1 Å². The largest absolute Gasteiger partial charge is 0.310 e. The average molecular weight is 649 g/mol. The van der Waals surface area contributed by atoms with E-state index in [0.717, 1.165) is 24.2 Å². The van der Waals surface area contributed by atoms with Gasteiger partial charge < -0.3 is 9.80 Å². The summed E-state index contributed by atoms with van der Waals surface area (Å²) in [4.78, 5) is 4.92. The molecule has 2 heteroatoms. The Balaban J connectivity index is 1.46. The number of rotatable bonds is 6. The third-order valence-electron chi connectivity index (χ3n) is 10.6. The third-order valence-corrected chi connectivity index (χ3v) is 10.6. The molecule has 0 spiro atoms. The molecule has 0 aromatic heterocycles. The van der Waals surface area contributed by atoms with Crippen LogP contribution in [0.2, 0.25) is 0 Å². The minimum atomic E-state index is 1.03. The van der Waals surface area contributed by atoms with Crippen LogP contribution >= 0.6 is 0 Å². The average Bonchev–Trinajstić information content (AvgIpc) is 3.13. The monoisotopic (exact) mass is 648 g/mol. The van der Waals surface area contributed by atoms with Crippen molar-refractivity contribution < 1.29 is 0 Å². The maximum absolute atomic E-state index is 2.47. The van der Waals surface area contributed by atoms with Crippen LogP contribution < -0.4 is 20.2 Å². The molecule has 0 aliphatic heterocycles. The van der Waals surface area contributed by atoms with Gasteiger partial charge in [-0.05, 0) is 159 Å². The number of aryl methyl sites for hydroxylation is 6. The van der Waals surface area contributed by atoms with Gasteiger partial charge in [0.15, 0.2) is 0 Å². The fourth-order valence-electron chi connectivity index (χ4n) is 7.49. The molecular weight excluding hydrogens is 605 g/mol. The van der Waals surface area contributed by atoms with Crippen LogP contribution in [0.4, 0.5) is 34.1 Å². The van der Waals surface area contributed by atoms with Crippen LogP contribution in [0.1, 0.15) is 46.2 Å². The maximum atomic E-state index is 2.47. The number of anilines is 6. The SMILES string of the molecule is Cc1ccc(N(c2ccc(C)cc2)c2cc3c(cc(N(c4ccc(C)c(C)c4)c4ccc(C)c(C)c4)c4ccccc43)c3c2=CCCC=3)cc1. The molecule has 2 nitrogen and oxygen atoms in total. The molecule has 246 valence electrons. The lowest BCUT2D eigenvalue weighted by molar-refractivity contribution is 1.11. The Hall–Kier alpha value is -5.60. The summed E-state index contributed by atoms with van der Waals surface area (Å²) in [5.41, 5.74) is 14.8. The summed E-state index contributed by atoms with van der Waals surface area (Å²) >= 11 is 0. The van der Waals surface area contributed by atoms with Gasteiger partial charge in [0, 0.05) is 33.4 Å². The first-order valence-corrected chi connectivity index (χ1v) is 17.8. The van der Waals surface area contributed by atoms with E-state index in [9.17, 15) is 0 Å². The zero-order valence-electron chi connectivity index (χ0n) is 30.0. The smallest absolute Gasteiger partial charge is 0.0546 e. The number of fused-ring (bicyclic) bond motifs is 5. The molecule has 0 saturated heterocycles. The van der Waals surface area contributed by atoms with Crippen molar-refractivity contribution in [2.45, 2.75) is 54.4 Å². The first kappa shape index (κ1) is 31.7. The quantitative estimate of drug-likeness (QED) is 0.166. The topological polar surface area (TPSA) is 6.48 Å². The summed E-state index contributed by atoms with van der Waals surface area (Å²) < 4.78 is 0. The normalized spacial score (nSPS) is 12.4. The second-order valence-electron chi connectivity index (χ2n) is 14.1. The summed E-state index contributed by atoms with van der Waals surface area (Å²) in [7, 11) is 0. The number of hydrogen-bond acceptors (Lipinski definition) is 2. The zero-order chi connectivity index (χ0) is 34.5. The van der Waals surface area contributed by atoms with Gasteiger partial charge in [-0.3, -0.25) is 0 Å². The van der Waals surface area contributed by atoms with Crippen LogP contribution in [0.3, 0.4) is 0 Å². The summed E-state index contributed by atoms with van der Waals surface area (Å²) in [5.74, 6) is 0. The van der Waals surface area contributed by atoms with Crippen LogP contribution in [0.5, 0.6) is 0 Å². The predicted octanol–water partition coefficient (Wildman–Crippen LogP) is 12.1.